The van der Waals surface area contributed by atoms with Gasteiger partial charge in [-0.2, -0.15) is 18.3 Å². The second kappa shape index (κ2) is 4.89. The average molecular weight is 301 g/mol. The number of non-ortho nitro benzene ring substituents is 1. The van der Waals surface area contributed by atoms with E-state index in [1.807, 2.05) is 0 Å². The Balaban J connectivity index is 2.50. The predicted octanol–water partition coefficient (Wildman–Crippen LogP) is 2.50. The van der Waals surface area contributed by atoms with Gasteiger partial charge in [-0.3, -0.25) is 10.1 Å². The number of nitro benzene ring substituents is 1. The number of carboxylic acids is 1. The molecule has 0 spiro atoms. The van der Waals surface area contributed by atoms with E-state index in [1.165, 1.54) is 0 Å². The van der Waals surface area contributed by atoms with Crippen LogP contribution in [0.4, 0.5) is 18.9 Å². The van der Waals surface area contributed by atoms with E-state index in [0.717, 1.165) is 24.3 Å². The molecule has 21 heavy (non-hydrogen) atoms. The third-order valence-corrected chi connectivity index (χ3v) is 2.54. The second-order valence-corrected chi connectivity index (χ2v) is 3.91. The zero-order valence-corrected chi connectivity index (χ0v) is 10.0. The van der Waals surface area contributed by atoms with Crippen molar-refractivity contribution in [2.75, 3.05) is 0 Å². The topological polar surface area (TPSA) is 98.3 Å². The van der Waals surface area contributed by atoms with Gasteiger partial charge in [-0.15, -0.1) is 0 Å². The highest BCUT2D eigenvalue weighted by molar-refractivity contribution is 5.89. The monoisotopic (exact) mass is 301 g/mol. The minimum absolute atomic E-state index is 0.0681. The van der Waals surface area contributed by atoms with Crippen molar-refractivity contribution in [2.24, 2.45) is 0 Å². The van der Waals surface area contributed by atoms with E-state index < -0.39 is 28.3 Å². The first-order valence-corrected chi connectivity index (χ1v) is 5.35. The molecule has 0 saturated heterocycles. The lowest BCUT2D eigenvalue weighted by Crippen LogP contribution is -2.12. The molecule has 1 heterocycles. The summed E-state index contributed by atoms with van der Waals surface area (Å²) in [6.07, 6.45) is -4.22. The SMILES string of the molecule is O=C(O)c1cn(-c2ccc([N+](=O)[O-])cc2)nc1C(F)(F)F. The van der Waals surface area contributed by atoms with E-state index in [-0.39, 0.29) is 11.4 Å². The number of rotatable bonds is 3. The van der Waals surface area contributed by atoms with Gasteiger partial charge in [0.05, 0.1) is 10.6 Å². The molecule has 0 atom stereocenters. The van der Waals surface area contributed by atoms with Crippen molar-refractivity contribution in [3.8, 4) is 5.69 Å². The number of hydrogen-bond donors (Lipinski definition) is 1. The van der Waals surface area contributed by atoms with Crippen LogP contribution in [-0.2, 0) is 6.18 Å². The van der Waals surface area contributed by atoms with Gasteiger partial charge >= 0.3 is 12.1 Å². The molecule has 0 amide bonds. The van der Waals surface area contributed by atoms with Crippen LogP contribution in [0.3, 0.4) is 0 Å². The molecule has 0 saturated carbocycles. The molecular formula is C11H6F3N3O4. The largest absolute Gasteiger partial charge is 0.478 e. The molecule has 1 N–H and O–H groups in total. The minimum atomic E-state index is -4.92. The van der Waals surface area contributed by atoms with E-state index in [9.17, 15) is 28.1 Å². The molecule has 1 aromatic heterocycles. The van der Waals surface area contributed by atoms with Gasteiger partial charge in [0.1, 0.15) is 5.56 Å². The van der Waals surface area contributed by atoms with Crippen molar-refractivity contribution < 1.29 is 28.0 Å². The molecular weight excluding hydrogens is 295 g/mol. The van der Waals surface area contributed by atoms with Crippen LogP contribution in [0.5, 0.6) is 0 Å². The summed E-state index contributed by atoms with van der Waals surface area (Å²) in [5.41, 5.74) is -2.71. The van der Waals surface area contributed by atoms with Gasteiger partial charge < -0.3 is 5.11 Å². The van der Waals surface area contributed by atoms with Crippen LogP contribution >= 0.6 is 0 Å². The van der Waals surface area contributed by atoms with Gasteiger partial charge in [0.15, 0.2) is 5.69 Å². The number of hydrogen-bond acceptors (Lipinski definition) is 4. The fourth-order valence-corrected chi connectivity index (χ4v) is 1.60. The van der Waals surface area contributed by atoms with Crippen LogP contribution in [-0.4, -0.2) is 25.8 Å². The number of alkyl halides is 3. The lowest BCUT2D eigenvalue weighted by molar-refractivity contribution is -0.384. The summed E-state index contributed by atoms with van der Waals surface area (Å²) in [4.78, 5) is 20.6. The Kier molecular flexibility index (Phi) is 3.37. The Morgan fingerprint density at radius 1 is 1.29 bits per heavy atom. The average Bonchev–Trinajstić information content (AvgIpc) is 2.84. The smallest absolute Gasteiger partial charge is 0.436 e. The first-order valence-electron chi connectivity index (χ1n) is 5.35. The predicted molar refractivity (Wildman–Crippen MR) is 62.2 cm³/mol. The van der Waals surface area contributed by atoms with Crippen LogP contribution in [0, 0.1) is 10.1 Å². The molecule has 0 aliphatic rings. The molecule has 0 aliphatic carbocycles. The van der Waals surface area contributed by atoms with Crippen molar-refractivity contribution in [2.45, 2.75) is 6.18 Å². The molecule has 10 heteroatoms. The van der Waals surface area contributed by atoms with Gasteiger partial charge in [0.2, 0.25) is 0 Å². The van der Waals surface area contributed by atoms with Gasteiger partial charge in [-0.05, 0) is 12.1 Å². The fraction of sp³-hybridized carbons (Fsp3) is 0.0909. The number of aromatic nitrogens is 2. The van der Waals surface area contributed by atoms with E-state index in [2.05, 4.69) is 5.10 Å². The van der Waals surface area contributed by atoms with Crippen molar-refractivity contribution in [1.29, 1.82) is 0 Å². The van der Waals surface area contributed by atoms with Gasteiger partial charge in [-0.1, -0.05) is 0 Å². The number of carbonyl (C=O) groups is 1. The van der Waals surface area contributed by atoms with E-state index in [1.54, 1.807) is 0 Å². The third kappa shape index (κ3) is 2.83. The van der Waals surface area contributed by atoms with E-state index >= 15 is 0 Å². The Labute approximate surface area is 114 Å². The number of halogens is 3. The highest BCUT2D eigenvalue weighted by Crippen LogP contribution is 2.31. The number of carboxylic acid groups (broad SMARTS) is 1. The number of nitrogens with zero attached hydrogens (tertiary/aromatic N) is 3. The Morgan fingerprint density at radius 3 is 2.24 bits per heavy atom. The molecule has 0 fully saturated rings. The maximum absolute atomic E-state index is 12.7. The molecule has 0 aliphatic heterocycles. The number of nitro groups is 1. The maximum atomic E-state index is 12.7. The van der Waals surface area contributed by atoms with Crippen LogP contribution < -0.4 is 0 Å². The quantitative estimate of drug-likeness (QED) is 0.693. The molecule has 0 radical (unpaired) electrons. The summed E-state index contributed by atoms with van der Waals surface area (Å²) in [7, 11) is 0. The summed E-state index contributed by atoms with van der Waals surface area (Å²) in [6, 6.07) is 4.48. The minimum Gasteiger partial charge on any atom is -0.478 e. The Bertz CT molecular complexity index is 706. The van der Waals surface area contributed by atoms with Gasteiger partial charge in [-0.25, -0.2) is 9.48 Å². The fourth-order valence-electron chi connectivity index (χ4n) is 1.60. The summed E-state index contributed by atoms with van der Waals surface area (Å²) in [5, 5.41) is 22.4. The number of benzene rings is 1. The van der Waals surface area contributed by atoms with E-state index in [0.29, 0.717) is 10.9 Å². The zero-order chi connectivity index (χ0) is 15.8. The Morgan fingerprint density at radius 2 is 1.86 bits per heavy atom. The molecule has 7 nitrogen and oxygen atoms in total. The lowest BCUT2D eigenvalue weighted by atomic mass is 10.2. The maximum Gasteiger partial charge on any atom is 0.436 e. The normalized spacial score (nSPS) is 11.4. The van der Waals surface area contributed by atoms with Crippen molar-refractivity contribution in [1.82, 2.24) is 9.78 Å². The van der Waals surface area contributed by atoms with Crippen molar-refractivity contribution in [3.05, 3.63) is 51.8 Å². The van der Waals surface area contributed by atoms with Crippen LogP contribution in [0.1, 0.15) is 16.1 Å². The molecule has 0 bridgehead atoms. The summed E-state index contributed by atoms with van der Waals surface area (Å²) in [6.45, 7) is 0. The van der Waals surface area contributed by atoms with Crippen LogP contribution in [0.25, 0.3) is 5.69 Å². The zero-order valence-electron chi connectivity index (χ0n) is 10.0. The highest BCUT2D eigenvalue weighted by atomic mass is 19.4. The van der Waals surface area contributed by atoms with Crippen molar-refractivity contribution >= 4 is 11.7 Å². The first kappa shape index (κ1) is 14.5. The highest BCUT2D eigenvalue weighted by Gasteiger charge is 2.39. The van der Waals surface area contributed by atoms with Gasteiger partial charge in [0.25, 0.3) is 5.69 Å². The second-order valence-electron chi connectivity index (χ2n) is 3.91. The van der Waals surface area contributed by atoms with Crippen molar-refractivity contribution in [3.63, 3.8) is 0 Å². The molecule has 2 aromatic rings. The van der Waals surface area contributed by atoms with E-state index in [4.69, 9.17) is 5.11 Å². The molecule has 2 rings (SSSR count). The standard InChI is InChI=1S/C11H6F3N3O4/c12-11(13,14)9-8(10(18)19)5-16(15-9)6-1-3-7(4-2-6)17(20)21/h1-5H,(H,18,19). The van der Waals surface area contributed by atoms with Crippen LogP contribution in [0.15, 0.2) is 30.5 Å². The molecule has 110 valence electrons. The Hall–Kier alpha value is -2.91. The summed E-state index contributed by atoms with van der Waals surface area (Å²) < 4.78 is 38.7. The lowest BCUT2D eigenvalue weighted by Gasteiger charge is -2.03. The first-order chi connectivity index (χ1) is 9.70. The summed E-state index contributed by atoms with van der Waals surface area (Å²) >= 11 is 0. The molecule has 0 unspecified atom stereocenters. The van der Waals surface area contributed by atoms with Gasteiger partial charge in [0, 0.05) is 18.3 Å². The summed E-state index contributed by atoms with van der Waals surface area (Å²) in [5.74, 6) is -1.77. The van der Waals surface area contributed by atoms with Crippen LogP contribution in [0.2, 0.25) is 0 Å². The molecule has 1 aromatic carbocycles. The number of aromatic carboxylic acids is 1. The third-order valence-electron chi connectivity index (χ3n) is 2.54.